The van der Waals surface area contributed by atoms with Crippen LogP contribution >= 0.6 is 0 Å². The average Bonchev–Trinajstić information content (AvgIpc) is 2.62. The third-order valence-corrected chi connectivity index (χ3v) is 3.94. The third kappa shape index (κ3) is 4.67. The first kappa shape index (κ1) is 21.4. The van der Waals surface area contributed by atoms with Crippen molar-refractivity contribution in [2.75, 3.05) is 6.54 Å². The number of benzene rings is 1. The summed E-state index contributed by atoms with van der Waals surface area (Å²) in [4.78, 5) is 32.5. The van der Waals surface area contributed by atoms with Gasteiger partial charge in [-0.1, -0.05) is 6.07 Å². The molecule has 0 amide bonds. The summed E-state index contributed by atoms with van der Waals surface area (Å²) in [7, 11) is 0. The molecule has 1 aromatic heterocycles. The van der Waals surface area contributed by atoms with Crippen LogP contribution in [-0.2, 0) is 29.3 Å². The standard InChI is InChI=1S/C15H16N2O4.C2HF3O2/c16-3-1-2-9-4-10-7-21-8-17-6-12(15(19)20)14(18)11(5-9)13(10)17;3-2(4,5)1(6)7/h4-6H,1-3,7-8,16H2,(H,19,20);(H,6,7). The molecule has 28 heavy (non-hydrogen) atoms. The monoisotopic (exact) mass is 402 g/mol. The van der Waals surface area contributed by atoms with Crippen LogP contribution < -0.4 is 11.2 Å². The van der Waals surface area contributed by atoms with Crippen LogP contribution in [0.1, 0.15) is 27.9 Å². The fourth-order valence-corrected chi connectivity index (χ4v) is 2.77. The number of halogens is 3. The van der Waals surface area contributed by atoms with E-state index in [2.05, 4.69) is 0 Å². The number of aliphatic carboxylic acids is 1. The maximum atomic E-state index is 12.4. The van der Waals surface area contributed by atoms with E-state index in [1.807, 2.05) is 6.07 Å². The highest BCUT2D eigenvalue weighted by atomic mass is 19.4. The van der Waals surface area contributed by atoms with E-state index in [1.54, 1.807) is 10.6 Å². The summed E-state index contributed by atoms with van der Waals surface area (Å²) in [6.45, 7) is 1.26. The van der Waals surface area contributed by atoms with Crippen LogP contribution in [0.25, 0.3) is 10.9 Å². The summed E-state index contributed by atoms with van der Waals surface area (Å²) in [5.74, 6) is -3.97. The molecule has 152 valence electrons. The van der Waals surface area contributed by atoms with Gasteiger partial charge < -0.3 is 25.3 Å². The van der Waals surface area contributed by atoms with E-state index >= 15 is 0 Å². The van der Waals surface area contributed by atoms with Crippen LogP contribution in [0.5, 0.6) is 0 Å². The molecule has 11 heteroatoms. The highest BCUT2D eigenvalue weighted by Gasteiger charge is 2.38. The fourth-order valence-electron chi connectivity index (χ4n) is 2.77. The molecule has 0 bridgehead atoms. The van der Waals surface area contributed by atoms with Gasteiger partial charge in [-0.2, -0.15) is 13.2 Å². The Morgan fingerprint density at radius 3 is 2.43 bits per heavy atom. The van der Waals surface area contributed by atoms with E-state index in [1.165, 1.54) is 6.20 Å². The lowest BCUT2D eigenvalue weighted by Crippen LogP contribution is -2.23. The third-order valence-electron chi connectivity index (χ3n) is 3.94. The Morgan fingerprint density at radius 1 is 1.25 bits per heavy atom. The van der Waals surface area contributed by atoms with Crippen molar-refractivity contribution in [2.45, 2.75) is 32.4 Å². The number of aromatic nitrogens is 1. The van der Waals surface area contributed by atoms with Gasteiger partial charge in [0, 0.05) is 17.1 Å². The lowest BCUT2D eigenvalue weighted by atomic mass is 10.00. The maximum Gasteiger partial charge on any atom is 0.490 e. The van der Waals surface area contributed by atoms with Gasteiger partial charge in [0.2, 0.25) is 5.43 Å². The number of nitrogens with zero attached hydrogens (tertiary/aromatic N) is 1. The molecule has 0 spiro atoms. The van der Waals surface area contributed by atoms with Crippen LogP contribution in [0, 0.1) is 0 Å². The second-order valence-electron chi connectivity index (χ2n) is 5.97. The topological polar surface area (TPSA) is 132 Å². The SMILES string of the molecule is NCCCc1cc2c3c(c1)c(=O)c(C(=O)O)cn3COC2.O=C(O)C(F)(F)F. The molecule has 0 unspecified atom stereocenters. The predicted octanol–water partition coefficient (Wildman–Crippen LogP) is 1.71. The van der Waals surface area contributed by atoms with Crippen molar-refractivity contribution in [3.8, 4) is 0 Å². The van der Waals surface area contributed by atoms with Gasteiger partial charge in [-0.05, 0) is 31.0 Å². The van der Waals surface area contributed by atoms with Gasteiger partial charge in [0.15, 0.2) is 0 Å². The summed E-state index contributed by atoms with van der Waals surface area (Å²) in [6, 6.07) is 3.79. The van der Waals surface area contributed by atoms with E-state index in [9.17, 15) is 27.9 Å². The second kappa shape index (κ2) is 8.40. The normalized spacial score (nSPS) is 13.0. The number of alkyl halides is 3. The molecule has 2 aromatic rings. The Hall–Kier alpha value is -2.92. The van der Waals surface area contributed by atoms with Gasteiger partial charge >= 0.3 is 18.1 Å². The number of rotatable bonds is 4. The van der Waals surface area contributed by atoms with Crippen LogP contribution in [0.15, 0.2) is 23.1 Å². The Labute approximate surface area is 155 Å². The van der Waals surface area contributed by atoms with Crippen molar-refractivity contribution >= 4 is 22.8 Å². The second-order valence-corrected chi connectivity index (χ2v) is 5.97. The fraction of sp³-hybridized carbons (Fsp3) is 0.353. The average molecular weight is 402 g/mol. The number of aromatic carboxylic acids is 1. The molecule has 8 nitrogen and oxygen atoms in total. The smallest absolute Gasteiger partial charge is 0.477 e. The zero-order valence-electron chi connectivity index (χ0n) is 14.5. The molecule has 0 fully saturated rings. The quantitative estimate of drug-likeness (QED) is 0.709. The predicted molar refractivity (Wildman–Crippen MR) is 91.0 cm³/mol. The molecule has 2 heterocycles. The van der Waals surface area contributed by atoms with Crippen molar-refractivity contribution in [1.29, 1.82) is 0 Å². The minimum Gasteiger partial charge on any atom is -0.477 e. The molecule has 1 aromatic carbocycles. The number of nitrogens with two attached hydrogens (primary N) is 1. The minimum absolute atomic E-state index is 0.227. The Balaban J connectivity index is 0.000000345. The van der Waals surface area contributed by atoms with E-state index in [0.29, 0.717) is 18.5 Å². The first-order chi connectivity index (χ1) is 13.1. The zero-order valence-corrected chi connectivity index (χ0v) is 14.5. The summed E-state index contributed by atoms with van der Waals surface area (Å²) in [6.07, 6.45) is -2.15. The number of hydrogen-bond donors (Lipinski definition) is 3. The molecule has 0 aliphatic carbocycles. The van der Waals surface area contributed by atoms with Crippen molar-refractivity contribution in [3.63, 3.8) is 0 Å². The Bertz CT molecular complexity index is 968. The molecule has 3 rings (SSSR count). The molecular formula is C17H17F3N2O6. The van der Waals surface area contributed by atoms with Crippen molar-refractivity contribution < 1.29 is 37.7 Å². The number of ether oxygens (including phenoxy) is 1. The maximum absolute atomic E-state index is 12.4. The van der Waals surface area contributed by atoms with Gasteiger partial charge in [0.05, 0.1) is 12.1 Å². The molecule has 0 saturated carbocycles. The van der Waals surface area contributed by atoms with Gasteiger partial charge in [-0.25, -0.2) is 9.59 Å². The van der Waals surface area contributed by atoms with Gasteiger partial charge in [0.1, 0.15) is 12.3 Å². The van der Waals surface area contributed by atoms with E-state index < -0.39 is 23.5 Å². The van der Waals surface area contributed by atoms with Crippen molar-refractivity contribution in [2.24, 2.45) is 5.73 Å². The largest absolute Gasteiger partial charge is 0.490 e. The number of aryl methyl sites for hydroxylation is 1. The number of carboxylic acids is 2. The Morgan fingerprint density at radius 2 is 1.89 bits per heavy atom. The van der Waals surface area contributed by atoms with Crippen LogP contribution in [-0.4, -0.2) is 39.4 Å². The van der Waals surface area contributed by atoms with Gasteiger partial charge in [0.25, 0.3) is 0 Å². The molecule has 4 N–H and O–H groups in total. The lowest BCUT2D eigenvalue weighted by molar-refractivity contribution is -0.192. The molecule has 1 aliphatic heterocycles. The van der Waals surface area contributed by atoms with Crippen molar-refractivity contribution in [1.82, 2.24) is 4.57 Å². The highest BCUT2D eigenvalue weighted by molar-refractivity contribution is 5.93. The molecule has 0 atom stereocenters. The summed E-state index contributed by atoms with van der Waals surface area (Å²) < 4.78 is 38.9. The van der Waals surface area contributed by atoms with Crippen LogP contribution in [0.4, 0.5) is 13.2 Å². The van der Waals surface area contributed by atoms with E-state index in [0.717, 1.165) is 29.5 Å². The number of carboxylic acid groups (broad SMARTS) is 2. The van der Waals surface area contributed by atoms with Crippen LogP contribution in [0.2, 0.25) is 0 Å². The van der Waals surface area contributed by atoms with E-state index in [-0.39, 0.29) is 12.3 Å². The first-order valence-electron chi connectivity index (χ1n) is 8.06. The van der Waals surface area contributed by atoms with E-state index in [4.69, 9.17) is 20.4 Å². The molecular weight excluding hydrogens is 385 g/mol. The van der Waals surface area contributed by atoms with Gasteiger partial charge in [-0.15, -0.1) is 0 Å². The first-order valence-corrected chi connectivity index (χ1v) is 8.06. The number of hydrogen-bond acceptors (Lipinski definition) is 5. The highest BCUT2D eigenvalue weighted by Crippen LogP contribution is 2.25. The van der Waals surface area contributed by atoms with Gasteiger partial charge in [-0.3, -0.25) is 4.79 Å². The van der Waals surface area contributed by atoms with Crippen molar-refractivity contribution in [3.05, 3.63) is 45.2 Å². The zero-order chi connectivity index (χ0) is 21.1. The molecule has 1 aliphatic rings. The Kier molecular flexibility index (Phi) is 6.41. The summed E-state index contributed by atoms with van der Waals surface area (Å²) >= 11 is 0. The summed E-state index contributed by atoms with van der Waals surface area (Å²) in [5.41, 5.74) is 7.53. The number of pyridine rings is 1. The number of carbonyl (C=O) groups is 2. The molecule has 0 radical (unpaired) electrons. The summed E-state index contributed by atoms with van der Waals surface area (Å²) in [5, 5.41) is 16.7. The lowest BCUT2D eigenvalue weighted by Gasteiger charge is -2.21. The van der Waals surface area contributed by atoms with Crippen LogP contribution in [0.3, 0.4) is 0 Å². The minimum atomic E-state index is -5.08. The molecule has 0 saturated heterocycles.